The Bertz CT molecular complexity index is 422. The zero-order chi connectivity index (χ0) is 12.8. The molecular formula is C14H22Cl2N2O2. The lowest BCUT2D eigenvalue weighted by Gasteiger charge is -2.25. The highest BCUT2D eigenvalue weighted by Crippen LogP contribution is 2.27. The monoisotopic (exact) mass is 320 g/mol. The molecule has 1 heterocycles. The van der Waals surface area contributed by atoms with E-state index in [0.29, 0.717) is 0 Å². The van der Waals surface area contributed by atoms with Gasteiger partial charge in [-0.25, -0.2) is 0 Å². The Labute approximate surface area is 132 Å². The molecule has 1 aliphatic heterocycles. The Balaban J connectivity index is 0.00000180. The highest BCUT2D eigenvalue weighted by molar-refractivity contribution is 5.85. The molecule has 0 radical (unpaired) electrons. The van der Waals surface area contributed by atoms with E-state index < -0.39 is 0 Å². The molecule has 114 valence electrons. The van der Waals surface area contributed by atoms with Crippen LogP contribution in [0, 0.1) is 0 Å². The number of benzene rings is 1. The topological polar surface area (TPSA) is 33.7 Å². The number of hydrogen-bond donors (Lipinski definition) is 1. The van der Waals surface area contributed by atoms with Gasteiger partial charge in [-0.05, 0) is 30.0 Å². The molecule has 1 fully saturated rings. The maximum absolute atomic E-state index is 5.29. The van der Waals surface area contributed by atoms with Gasteiger partial charge >= 0.3 is 0 Å². The van der Waals surface area contributed by atoms with Crippen molar-refractivity contribution in [2.24, 2.45) is 0 Å². The number of nitrogens with zero attached hydrogens (tertiary/aromatic N) is 1. The van der Waals surface area contributed by atoms with Crippen LogP contribution in [0.15, 0.2) is 24.4 Å². The maximum atomic E-state index is 5.29. The van der Waals surface area contributed by atoms with Crippen LogP contribution in [0.2, 0.25) is 0 Å². The van der Waals surface area contributed by atoms with Crippen LogP contribution in [-0.2, 0) is 0 Å². The highest BCUT2D eigenvalue weighted by Gasteiger charge is 2.05. The summed E-state index contributed by atoms with van der Waals surface area (Å²) in [7, 11) is 3.30. The normalized spacial score (nSPS) is 14.4. The summed E-state index contributed by atoms with van der Waals surface area (Å²) in [5, 5.41) is 3.33. The maximum Gasteiger partial charge on any atom is 0.161 e. The first kappa shape index (κ1) is 18.9. The summed E-state index contributed by atoms with van der Waals surface area (Å²) in [6.45, 7) is 4.22. The summed E-state index contributed by atoms with van der Waals surface area (Å²) >= 11 is 0. The van der Waals surface area contributed by atoms with E-state index in [1.165, 1.54) is 0 Å². The lowest BCUT2D eigenvalue weighted by Crippen LogP contribution is -2.40. The van der Waals surface area contributed by atoms with Crippen molar-refractivity contribution >= 4 is 30.9 Å². The molecule has 20 heavy (non-hydrogen) atoms. The van der Waals surface area contributed by atoms with Gasteiger partial charge in [0.15, 0.2) is 11.5 Å². The Hall–Kier alpha value is -1.10. The first-order valence-electron chi connectivity index (χ1n) is 6.18. The zero-order valence-corrected chi connectivity index (χ0v) is 13.4. The number of halogens is 2. The third kappa shape index (κ3) is 5.12. The van der Waals surface area contributed by atoms with Crippen molar-refractivity contribution in [2.45, 2.75) is 0 Å². The SMILES string of the molecule is COc1ccc(C=CN2CCNCC2)cc1OC.Cl.Cl. The molecule has 4 nitrogen and oxygen atoms in total. The molecule has 0 saturated carbocycles. The quantitative estimate of drug-likeness (QED) is 0.923. The number of rotatable bonds is 4. The van der Waals surface area contributed by atoms with Crippen molar-refractivity contribution in [3.63, 3.8) is 0 Å². The molecule has 6 heteroatoms. The fourth-order valence-corrected chi connectivity index (χ4v) is 1.98. The minimum Gasteiger partial charge on any atom is -0.493 e. The Kier molecular flexibility index (Phi) is 9.21. The van der Waals surface area contributed by atoms with Crippen LogP contribution in [0.3, 0.4) is 0 Å². The minimum atomic E-state index is 0. The van der Waals surface area contributed by atoms with E-state index in [0.717, 1.165) is 43.2 Å². The van der Waals surface area contributed by atoms with Crippen LogP contribution in [0.5, 0.6) is 11.5 Å². The largest absolute Gasteiger partial charge is 0.493 e. The van der Waals surface area contributed by atoms with Crippen LogP contribution in [0.4, 0.5) is 0 Å². The van der Waals surface area contributed by atoms with Gasteiger partial charge in [0.25, 0.3) is 0 Å². The average Bonchev–Trinajstić information content (AvgIpc) is 2.45. The summed E-state index contributed by atoms with van der Waals surface area (Å²) in [6, 6.07) is 5.94. The number of ether oxygens (including phenoxy) is 2. The predicted molar refractivity (Wildman–Crippen MR) is 87.5 cm³/mol. The van der Waals surface area contributed by atoms with Gasteiger partial charge < -0.3 is 19.7 Å². The van der Waals surface area contributed by atoms with Crippen LogP contribution < -0.4 is 14.8 Å². The lowest BCUT2D eigenvalue weighted by atomic mass is 10.2. The van der Waals surface area contributed by atoms with Crippen LogP contribution in [0.25, 0.3) is 6.08 Å². The van der Waals surface area contributed by atoms with Crippen molar-refractivity contribution in [1.82, 2.24) is 10.2 Å². The lowest BCUT2D eigenvalue weighted by molar-refractivity contribution is 0.326. The second kappa shape index (κ2) is 9.75. The molecule has 1 aliphatic rings. The second-order valence-electron chi connectivity index (χ2n) is 4.22. The number of piperazine rings is 1. The fourth-order valence-electron chi connectivity index (χ4n) is 1.98. The molecule has 1 aromatic rings. The van der Waals surface area contributed by atoms with E-state index in [9.17, 15) is 0 Å². The molecule has 1 saturated heterocycles. The first-order valence-corrected chi connectivity index (χ1v) is 6.18. The average molecular weight is 321 g/mol. The zero-order valence-electron chi connectivity index (χ0n) is 11.8. The molecule has 0 spiro atoms. The molecule has 0 aliphatic carbocycles. The summed E-state index contributed by atoms with van der Waals surface area (Å²) in [6.07, 6.45) is 4.25. The van der Waals surface area contributed by atoms with Gasteiger partial charge in [-0.1, -0.05) is 6.07 Å². The van der Waals surface area contributed by atoms with Gasteiger partial charge in [0.05, 0.1) is 14.2 Å². The van der Waals surface area contributed by atoms with E-state index in [1.54, 1.807) is 14.2 Å². The van der Waals surface area contributed by atoms with E-state index in [1.807, 2.05) is 18.2 Å². The van der Waals surface area contributed by atoms with E-state index in [2.05, 4.69) is 22.5 Å². The smallest absolute Gasteiger partial charge is 0.161 e. The van der Waals surface area contributed by atoms with Crippen molar-refractivity contribution in [1.29, 1.82) is 0 Å². The Morgan fingerprint density at radius 3 is 2.30 bits per heavy atom. The van der Waals surface area contributed by atoms with Crippen molar-refractivity contribution in [3.8, 4) is 11.5 Å². The molecule has 2 rings (SSSR count). The molecule has 1 N–H and O–H groups in total. The van der Waals surface area contributed by atoms with Gasteiger partial charge in [0.1, 0.15) is 0 Å². The summed E-state index contributed by atoms with van der Waals surface area (Å²) in [5.41, 5.74) is 1.12. The van der Waals surface area contributed by atoms with Crippen molar-refractivity contribution < 1.29 is 9.47 Å². The Morgan fingerprint density at radius 1 is 1.05 bits per heavy atom. The third-order valence-corrected chi connectivity index (χ3v) is 3.04. The van der Waals surface area contributed by atoms with Gasteiger partial charge in [0, 0.05) is 26.2 Å². The highest BCUT2D eigenvalue weighted by atomic mass is 35.5. The third-order valence-electron chi connectivity index (χ3n) is 3.04. The summed E-state index contributed by atoms with van der Waals surface area (Å²) in [5.74, 6) is 1.52. The first-order chi connectivity index (χ1) is 8.83. The molecule has 0 bridgehead atoms. The van der Waals surface area contributed by atoms with Gasteiger partial charge in [0.2, 0.25) is 0 Å². The van der Waals surface area contributed by atoms with Crippen LogP contribution in [0.1, 0.15) is 5.56 Å². The number of nitrogens with one attached hydrogen (secondary N) is 1. The van der Waals surface area contributed by atoms with Crippen molar-refractivity contribution in [3.05, 3.63) is 30.0 Å². The van der Waals surface area contributed by atoms with E-state index in [4.69, 9.17) is 9.47 Å². The second-order valence-corrected chi connectivity index (χ2v) is 4.22. The van der Waals surface area contributed by atoms with E-state index >= 15 is 0 Å². The fraction of sp³-hybridized carbons (Fsp3) is 0.429. The van der Waals surface area contributed by atoms with E-state index in [-0.39, 0.29) is 24.8 Å². The molecule has 1 aromatic carbocycles. The van der Waals surface area contributed by atoms with Crippen molar-refractivity contribution in [2.75, 3.05) is 40.4 Å². The summed E-state index contributed by atoms with van der Waals surface area (Å²) < 4.78 is 10.5. The van der Waals surface area contributed by atoms with Gasteiger partial charge in [-0.15, -0.1) is 24.8 Å². The molecular weight excluding hydrogens is 299 g/mol. The molecule has 0 unspecified atom stereocenters. The minimum absolute atomic E-state index is 0. The number of hydrogen-bond acceptors (Lipinski definition) is 4. The molecule has 0 aromatic heterocycles. The summed E-state index contributed by atoms with van der Waals surface area (Å²) in [4.78, 5) is 2.31. The molecule has 0 amide bonds. The standard InChI is InChI=1S/C14H20N2O2.2ClH/c1-17-13-4-3-12(11-14(13)18-2)5-8-16-9-6-15-7-10-16;;/h3-5,8,11,15H,6-7,9-10H2,1-2H3;2*1H. The molecule has 0 atom stereocenters. The van der Waals surface area contributed by atoms with Crippen LogP contribution >= 0.6 is 24.8 Å². The Morgan fingerprint density at radius 2 is 1.70 bits per heavy atom. The predicted octanol–water partition coefficient (Wildman–Crippen LogP) is 2.42. The van der Waals surface area contributed by atoms with Gasteiger partial charge in [-0.2, -0.15) is 0 Å². The van der Waals surface area contributed by atoms with Gasteiger partial charge in [-0.3, -0.25) is 0 Å². The van der Waals surface area contributed by atoms with Crippen LogP contribution in [-0.4, -0.2) is 45.3 Å². The number of methoxy groups -OCH3 is 2.